The third kappa shape index (κ3) is 4.23. The predicted octanol–water partition coefficient (Wildman–Crippen LogP) is 2.29. The molecule has 2 aromatic heterocycles. The van der Waals surface area contributed by atoms with Crippen LogP contribution in [0.1, 0.15) is 52.1 Å². The minimum absolute atomic E-state index is 0.00610. The summed E-state index contributed by atoms with van der Waals surface area (Å²) in [5.74, 6) is -0.559. The molecule has 3 aromatic rings. The second kappa shape index (κ2) is 8.75. The van der Waals surface area contributed by atoms with Crippen molar-refractivity contribution in [3.63, 3.8) is 0 Å². The van der Waals surface area contributed by atoms with Crippen molar-refractivity contribution in [2.24, 2.45) is 5.73 Å². The molecule has 0 bridgehead atoms. The minimum atomic E-state index is -0.553. The summed E-state index contributed by atoms with van der Waals surface area (Å²) in [4.78, 5) is 31.0. The molecule has 1 saturated heterocycles. The molecule has 2 amide bonds. The van der Waals surface area contributed by atoms with Gasteiger partial charge in [0.1, 0.15) is 5.56 Å². The van der Waals surface area contributed by atoms with Crippen LogP contribution in [0.2, 0.25) is 0 Å². The van der Waals surface area contributed by atoms with Gasteiger partial charge in [-0.05, 0) is 50.3 Å². The van der Waals surface area contributed by atoms with Gasteiger partial charge in [-0.1, -0.05) is 18.2 Å². The number of anilines is 1. The van der Waals surface area contributed by atoms with Crippen molar-refractivity contribution in [3.8, 4) is 0 Å². The number of rotatable bonds is 7. The van der Waals surface area contributed by atoms with Crippen LogP contribution >= 0.6 is 0 Å². The van der Waals surface area contributed by atoms with Gasteiger partial charge in [0.15, 0.2) is 5.65 Å². The highest BCUT2D eigenvalue weighted by atomic mass is 16.1. The van der Waals surface area contributed by atoms with Gasteiger partial charge < -0.3 is 16.0 Å². The molecule has 31 heavy (non-hydrogen) atoms. The van der Waals surface area contributed by atoms with Gasteiger partial charge in [-0.3, -0.25) is 9.59 Å². The Hall–Kier alpha value is -3.42. The second-order valence-corrected chi connectivity index (χ2v) is 8.02. The summed E-state index contributed by atoms with van der Waals surface area (Å²) in [5.41, 5.74) is 11.1. The third-order valence-electron chi connectivity index (χ3n) is 5.99. The number of hydrogen-bond acceptors (Lipinski definition) is 5. The monoisotopic (exact) mass is 420 g/mol. The largest absolute Gasteiger partial charge is 0.371 e. The molecule has 0 atom stereocenters. The standard InChI is InChI=1S/C23H28N6O2/c1-15-18(16(2)29-23(27-15)19(14-26-29)22(24)31)9-10-21(30)25-13-17-7-3-4-8-20(17)28-11-5-6-12-28/h3-4,7-8,14H,5-6,9-13H2,1-2H3,(H2,24,31)(H,25,30). The molecular weight excluding hydrogens is 392 g/mol. The van der Waals surface area contributed by atoms with Gasteiger partial charge in [-0.2, -0.15) is 5.10 Å². The van der Waals surface area contributed by atoms with Crippen molar-refractivity contribution in [1.29, 1.82) is 0 Å². The number of fused-ring (bicyclic) bond motifs is 1. The number of nitrogens with one attached hydrogen (secondary N) is 1. The molecule has 1 aliphatic heterocycles. The second-order valence-electron chi connectivity index (χ2n) is 8.02. The fourth-order valence-corrected chi connectivity index (χ4v) is 4.29. The molecule has 0 saturated carbocycles. The Balaban J connectivity index is 1.42. The maximum Gasteiger partial charge on any atom is 0.254 e. The van der Waals surface area contributed by atoms with E-state index < -0.39 is 5.91 Å². The summed E-state index contributed by atoms with van der Waals surface area (Å²) < 4.78 is 1.62. The molecule has 3 heterocycles. The van der Waals surface area contributed by atoms with Crippen LogP contribution < -0.4 is 16.0 Å². The third-order valence-corrected chi connectivity index (χ3v) is 5.99. The van der Waals surface area contributed by atoms with E-state index in [1.807, 2.05) is 26.0 Å². The van der Waals surface area contributed by atoms with Gasteiger partial charge >= 0.3 is 0 Å². The molecular formula is C23H28N6O2. The molecule has 0 radical (unpaired) electrons. The lowest BCUT2D eigenvalue weighted by atomic mass is 10.1. The molecule has 1 aromatic carbocycles. The highest BCUT2D eigenvalue weighted by Crippen LogP contribution is 2.24. The highest BCUT2D eigenvalue weighted by molar-refractivity contribution is 5.98. The molecule has 0 aliphatic carbocycles. The number of aryl methyl sites for hydroxylation is 2. The first-order valence-corrected chi connectivity index (χ1v) is 10.7. The molecule has 8 heteroatoms. The number of carbonyl (C=O) groups excluding carboxylic acids is 2. The van der Waals surface area contributed by atoms with E-state index in [0.717, 1.165) is 35.6 Å². The number of benzene rings is 1. The Morgan fingerprint density at radius 2 is 1.90 bits per heavy atom. The van der Waals surface area contributed by atoms with Crippen molar-refractivity contribution in [1.82, 2.24) is 19.9 Å². The van der Waals surface area contributed by atoms with Crippen LogP contribution in [-0.4, -0.2) is 39.5 Å². The lowest BCUT2D eigenvalue weighted by molar-refractivity contribution is -0.121. The average molecular weight is 421 g/mol. The predicted molar refractivity (Wildman–Crippen MR) is 119 cm³/mol. The zero-order valence-corrected chi connectivity index (χ0v) is 18.0. The number of carbonyl (C=O) groups is 2. The summed E-state index contributed by atoms with van der Waals surface area (Å²) in [6, 6.07) is 8.27. The number of para-hydroxylation sites is 1. The zero-order valence-electron chi connectivity index (χ0n) is 18.0. The molecule has 4 rings (SSSR count). The van der Waals surface area contributed by atoms with Crippen molar-refractivity contribution in [3.05, 3.63) is 58.5 Å². The number of primary amides is 1. The van der Waals surface area contributed by atoms with Gasteiger partial charge in [-0.15, -0.1) is 0 Å². The Morgan fingerprint density at radius 1 is 1.16 bits per heavy atom. The highest BCUT2D eigenvalue weighted by Gasteiger charge is 2.18. The average Bonchev–Trinajstić information content (AvgIpc) is 3.42. The van der Waals surface area contributed by atoms with Crippen LogP contribution in [0.15, 0.2) is 30.5 Å². The Bertz CT molecular complexity index is 1130. The van der Waals surface area contributed by atoms with E-state index in [1.54, 1.807) is 4.52 Å². The van der Waals surface area contributed by atoms with E-state index in [1.165, 1.54) is 24.7 Å². The van der Waals surface area contributed by atoms with Crippen molar-refractivity contribution in [2.45, 2.75) is 46.1 Å². The molecule has 3 N–H and O–H groups in total. The van der Waals surface area contributed by atoms with Crippen molar-refractivity contribution < 1.29 is 9.59 Å². The van der Waals surface area contributed by atoms with E-state index in [0.29, 0.717) is 30.6 Å². The van der Waals surface area contributed by atoms with Crippen LogP contribution in [0, 0.1) is 13.8 Å². The number of hydrogen-bond donors (Lipinski definition) is 2. The zero-order chi connectivity index (χ0) is 22.0. The molecule has 8 nitrogen and oxygen atoms in total. The number of nitrogens with two attached hydrogens (primary N) is 1. The van der Waals surface area contributed by atoms with Crippen LogP contribution in [0.4, 0.5) is 5.69 Å². The van der Waals surface area contributed by atoms with Gasteiger partial charge in [-0.25, -0.2) is 9.50 Å². The van der Waals surface area contributed by atoms with Crippen molar-refractivity contribution >= 4 is 23.1 Å². The number of aromatic nitrogens is 3. The van der Waals surface area contributed by atoms with Crippen LogP contribution in [0.3, 0.4) is 0 Å². The summed E-state index contributed by atoms with van der Waals surface area (Å²) >= 11 is 0. The summed E-state index contributed by atoms with van der Waals surface area (Å²) in [7, 11) is 0. The van der Waals surface area contributed by atoms with Gasteiger partial charge in [0.25, 0.3) is 5.91 Å². The normalized spacial score (nSPS) is 13.7. The van der Waals surface area contributed by atoms with E-state index in [-0.39, 0.29) is 5.91 Å². The lowest BCUT2D eigenvalue weighted by Gasteiger charge is -2.21. The van der Waals surface area contributed by atoms with Gasteiger partial charge in [0.2, 0.25) is 5.91 Å². The SMILES string of the molecule is Cc1nc2c(C(N)=O)cnn2c(C)c1CCC(=O)NCc1ccccc1N1CCCC1. The smallest absolute Gasteiger partial charge is 0.254 e. The maximum atomic E-state index is 12.6. The first-order chi connectivity index (χ1) is 15.0. The number of nitrogens with zero attached hydrogens (tertiary/aromatic N) is 4. The quantitative estimate of drug-likeness (QED) is 0.610. The Morgan fingerprint density at radius 3 is 2.65 bits per heavy atom. The van der Waals surface area contributed by atoms with E-state index in [9.17, 15) is 9.59 Å². The van der Waals surface area contributed by atoms with E-state index >= 15 is 0 Å². The first-order valence-electron chi connectivity index (χ1n) is 10.7. The van der Waals surface area contributed by atoms with Crippen LogP contribution in [0.5, 0.6) is 0 Å². The molecule has 162 valence electrons. The van der Waals surface area contributed by atoms with Crippen LogP contribution in [0.25, 0.3) is 5.65 Å². The van der Waals surface area contributed by atoms with Gasteiger partial charge in [0.05, 0.1) is 6.20 Å². The lowest BCUT2D eigenvalue weighted by Crippen LogP contribution is -2.26. The number of amides is 2. The summed E-state index contributed by atoms with van der Waals surface area (Å²) in [5, 5.41) is 7.30. The summed E-state index contributed by atoms with van der Waals surface area (Å²) in [6.45, 7) is 6.46. The maximum absolute atomic E-state index is 12.6. The Labute approximate surface area is 181 Å². The van der Waals surface area contributed by atoms with Gasteiger partial charge in [0, 0.05) is 43.1 Å². The molecule has 1 aliphatic rings. The topological polar surface area (TPSA) is 106 Å². The van der Waals surface area contributed by atoms with Crippen LogP contribution in [-0.2, 0) is 17.8 Å². The fourth-order valence-electron chi connectivity index (χ4n) is 4.29. The molecule has 0 unspecified atom stereocenters. The van der Waals surface area contributed by atoms with Crippen molar-refractivity contribution in [2.75, 3.05) is 18.0 Å². The fraction of sp³-hybridized carbons (Fsp3) is 0.391. The molecule has 0 spiro atoms. The minimum Gasteiger partial charge on any atom is -0.371 e. The molecule has 1 fully saturated rings. The van der Waals surface area contributed by atoms with E-state index in [4.69, 9.17) is 5.73 Å². The van der Waals surface area contributed by atoms with E-state index in [2.05, 4.69) is 32.4 Å². The summed E-state index contributed by atoms with van der Waals surface area (Å²) in [6.07, 6.45) is 4.77. The first kappa shape index (κ1) is 20.8. The Kier molecular flexibility index (Phi) is 5.88.